The Kier molecular flexibility index (Phi) is 5.24. The van der Waals surface area contributed by atoms with Gasteiger partial charge in [0.1, 0.15) is 4.83 Å². The molecule has 1 unspecified atom stereocenters. The highest BCUT2D eigenvalue weighted by molar-refractivity contribution is 7.20. The first-order chi connectivity index (χ1) is 10.3. The zero-order valence-corrected chi connectivity index (χ0v) is 14.7. The van der Waals surface area contributed by atoms with Crippen LogP contribution in [0.15, 0.2) is 6.07 Å². The standard InChI is InChI=1S/C16H25N3O2S/c1-9(2)12(6-7-20)17-15(21)13-8-11-14(10(3)4)18-19(5)16(11)22-13/h8-10,12,20H,6-7H2,1-5H3,(H,17,21). The van der Waals surface area contributed by atoms with Crippen LogP contribution in [0.2, 0.25) is 0 Å². The number of fused-ring (bicyclic) bond motifs is 1. The molecule has 5 nitrogen and oxygen atoms in total. The summed E-state index contributed by atoms with van der Waals surface area (Å²) in [6.45, 7) is 8.39. The fraction of sp³-hybridized carbons (Fsp3) is 0.625. The molecule has 2 aromatic rings. The van der Waals surface area contributed by atoms with E-state index >= 15 is 0 Å². The molecule has 122 valence electrons. The van der Waals surface area contributed by atoms with E-state index < -0.39 is 0 Å². The number of aromatic nitrogens is 2. The summed E-state index contributed by atoms with van der Waals surface area (Å²) >= 11 is 1.47. The Morgan fingerprint density at radius 1 is 1.41 bits per heavy atom. The zero-order valence-electron chi connectivity index (χ0n) is 13.9. The van der Waals surface area contributed by atoms with Crippen molar-refractivity contribution in [2.75, 3.05) is 6.61 Å². The Hall–Kier alpha value is -1.40. The molecular weight excluding hydrogens is 298 g/mol. The van der Waals surface area contributed by atoms with E-state index in [1.807, 2.05) is 31.6 Å². The first-order valence-electron chi connectivity index (χ1n) is 7.73. The van der Waals surface area contributed by atoms with E-state index in [1.54, 1.807) is 0 Å². The number of hydrogen-bond donors (Lipinski definition) is 2. The number of hydrogen-bond acceptors (Lipinski definition) is 4. The van der Waals surface area contributed by atoms with Crippen molar-refractivity contribution in [2.45, 2.75) is 46.1 Å². The van der Waals surface area contributed by atoms with Crippen molar-refractivity contribution < 1.29 is 9.90 Å². The van der Waals surface area contributed by atoms with Crippen LogP contribution in [0, 0.1) is 5.92 Å². The van der Waals surface area contributed by atoms with Crippen LogP contribution in [0.4, 0.5) is 0 Å². The van der Waals surface area contributed by atoms with Gasteiger partial charge in [0.25, 0.3) is 5.91 Å². The second kappa shape index (κ2) is 6.79. The maximum absolute atomic E-state index is 12.5. The normalized spacial score (nSPS) is 13.3. The molecule has 0 aliphatic rings. The third-order valence-electron chi connectivity index (χ3n) is 3.87. The SMILES string of the molecule is CC(C)c1nn(C)c2sc(C(=O)NC(CCO)C(C)C)cc12. The lowest BCUT2D eigenvalue weighted by molar-refractivity contribution is 0.0921. The molecule has 0 saturated carbocycles. The lowest BCUT2D eigenvalue weighted by atomic mass is 10.0. The topological polar surface area (TPSA) is 67.2 Å². The predicted molar refractivity (Wildman–Crippen MR) is 90.5 cm³/mol. The summed E-state index contributed by atoms with van der Waals surface area (Å²) in [6, 6.07) is 1.93. The van der Waals surface area contributed by atoms with Crippen molar-refractivity contribution >= 4 is 27.5 Å². The number of rotatable bonds is 6. The highest BCUT2D eigenvalue weighted by Crippen LogP contribution is 2.31. The minimum atomic E-state index is -0.0666. The maximum Gasteiger partial charge on any atom is 0.261 e. The van der Waals surface area contributed by atoms with Gasteiger partial charge in [0.05, 0.1) is 10.6 Å². The first kappa shape index (κ1) is 17.0. The summed E-state index contributed by atoms with van der Waals surface area (Å²) in [6.07, 6.45) is 0.576. The van der Waals surface area contributed by atoms with Gasteiger partial charge in [-0.2, -0.15) is 5.10 Å². The Morgan fingerprint density at radius 2 is 2.09 bits per heavy atom. The van der Waals surface area contributed by atoms with E-state index in [2.05, 4.69) is 24.3 Å². The summed E-state index contributed by atoms with van der Waals surface area (Å²) in [5, 5.41) is 17.8. The number of aliphatic hydroxyl groups excluding tert-OH is 1. The Bertz CT molecular complexity index is 658. The molecule has 2 heterocycles. The van der Waals surface area contributed by atoms with Crippen LogP contribution in [0.25, 0.3) is 10.2 Å². The number of carbonyl (C=O) groups is 1. The van der Waals surface area contributed by atoms with E-state index in [0.29, 0.717) is 23.1 Å². The molecule has 2 rings (SSSR count). The van der Waals surface area contributed by atoms with Gasteiger partial charge in [-0.25, -0.2) is 0 Å². The number of aliphatic hydroxyl groups is 1. The van der Waals surface area contributed by atoms with Gasteiger partial charge in [-0.05, 0) is 24.3 Å². The Balaban J connectivity index is 2.27. The quantitative estimate of drug-likeness (QED) is 0.859. The van der Waals surface area contributed by atoms with Crippen molar-refractivity contribution in [1.82, 2.24) is 15.1 Å². The Morgan fingerprint density at radius 3 is 2.64 bits per heavy atom. The second-order valence-corrected chi connectivity index (χ2v) is 7.36. The molecule has 0 spiro atoms. The minimum Gasteiger partial charge on any atom is -0.396 e. The molecule has 2 aromatic heterocycles. The van der Waals surface area contributed by atoms with Crippen LogP contribution < -0.4 is 5.32 Å². The average Bonchev–Trinajstić information content (AvgIpc) is 2.99. The number of amides is 1. The van der Waals surface area contributed by atoms with E-state index in [0.717, 1.165) is 15.9 Å². The molecule has 22 heavy (non-hydrogen) atoms. The second-order valence-electron chi connectivity index (χ2n) is 6.33. The number of nitrogens with zero attached hydrogens (tertiary/aromatic N) is 2. The highest BCUT2D eigenvalue weighted by atomic mass is 32.1. The predicted octanol–water partition coefficient (Wildman–Crippen LogP) is 2.90. The van der Waals surface area contributed by atoms with Crippen molar-refractivity contribution in [3.8, 4) is 0 Å². The molecule has 0 aliphatic heterocycles. The van der Waals surface area contributed by atoms with Gasteiger partial charge >= 0.3 is 0 Å². The van der Waals surface area contributed by atoms with Gasteiger partial charge in [0.15, 0.2) is 0 Å². The van der Waals surface area contributed by atoms with Gasteiger partial charge in [-0.15, -0.1) is 11.3 Å². The summed E-state index contributed by atoms with van der Waals surface area (Å²) < 4.78 is 1.85. The van der Waals surface area contributed by atoms with Crippen LogP contribution in [0.3, 0.4) is 0 Å². The molecule has 0 bridgehead atoms. The molecule has 0 saturated heterocycles. The van der Waals surface area contributed by atoms with Gasteiger partial charge in [0.2, 0.25) is 0 Å². The lowest BCUT2D eigenvalue weighted by Crippen LogP contribution is -2.38. The largest absolute Gasteiger partial charge is 0.396 e. The fourth-order valence-electron chi connectivity index (χ4n) is 2.56. The van der Waals surface area contributed by atoms with Crippen molar-refractivity contribution in [2.24, 2.45) is 13.0 Å². The number of nitrogens with one attached hydrogen (secondary N) is 1. The monoisotopic (exact) mass is 323 g/mol. The van der Waals surface area contributed by atoms with Gasteiger partial charge < -0.3 is 10.4 Å². The van der Waals surface area contributed by atoms with Crippen molar-refractivity contribution in [3.05, 3.63) is 16.6 Å². The third-order valence-corrected chi connectivity index (χ3v) is 5.07. The lowest BCUT2D eigenvalue weighted by Gasteiger charge is -2.21. The van der Waals surface area contributed by atoms with E-state index in [-0.39, 0.29) is 18.6 Å². The summed E-state index contributed by atoms with van der Waals surface area (Å²) in [5.41, 5.74) is 1.03. The van der Waals surface area contributed by atoms with Crippen LogP contribution in [-0.2, 0) is 7.05 Å². The van der Waals surface area contributed by atoms with Gasteiger partial charge in [-0.3, -0.25) is 9.48 Å². The summed E-state index contributed by atoms with van der Waals surface area (Å²) in [7, 11) is 1.91. The van der Waals surface area contributed by atoms with Crippen LogP contribution in [0.5, 0.6) is 0 Å². The molecule has 0 aromatic carbocycles. The van der Waals surface area contributed by atoms with Crippen LogP contribution >= 0.6 is 11.3 Å². The minimum absolute atomic E-state index is 0.00888. The van der Waals surface area contributed by atoms with Gasteiger partial charge in [-0.1, -0.05) is 27.7 Å². The summed E-state index contributed by atoms with van der Waals surface area (Å²) in [4.78, 5) is 14.2. The van der Waals surface area contributed by atoms with E-state index in [9.17, 15) is 4.79 Å². The van der Waals surface area contributed by atoms with Crippen LogP contribution in [0.1, 0.15) is 55.4 Å². The van der Waals surface area contributed by atoms with Crippen LogP contribution in [-0.4, -0.2) is 33.4 Å². The molecule has 6 heteroatoms. The number of thiophene rings is 1. The first-order valence-corrected chi connectivity index (χ1v) is 8.55. The molecule has 2 N–H and O–H groups in total. The van der Waals surface area contributed by atoms with E-state index in [1.165, 1.54) is 11.3 Å². The number of carbonyl (C=O) groups excluding carboxylic acids is 1. The molecule has 1 atom stereocenters. The van der Waals surface area contributed by atoms with Gasteiger partial charge in [0, 0.05) is 25.1 Å². The maximum atomic E-state index is 12.5. The highest BCUT2D eigenvalue weighted by Gasteiger charge is 2.21. The van der Waals surface area contributed by atoms with E-state index in [4.69, 9.17) is 5.11 Å². The molecule has 0 fully saturated rings. The molecule has 0 radical (unpaired) electrons. The fourth-order valence-corrected chi connectivity index (χ4v) is 3.54. The molecular formula is C16H25N3O2S. The number of aryl methyl sites for hydroxylation is 1. The zero-order chi connectivity index (χ0) is 16.4. The van der Waals surface area contributed by atoms with Crippen molar-refractivity contribution in [3.63, 3.8) is 0 Å². The third kappa shape index (κ3) is 3.33. The Labute approximate surface area is 135 Å². The smallest absolute Gasteiger partial charge is 0.261 e. The average molecular weight is 323 g/mol. The summed E-state index contributed by atoms with van der Waals surface area (Å²) in [5.74, 6) is 0.549. The van der Waals surface area contributed by atoms with Crippen molar-refractivity contribution in [1.29, 1.82) is 0 Å². The molecule has 1 amide bonds. The molecule has 0 aliphatic carbocycles.